The van der Waals surface area contributed by atoms with Gasteiger partial charge in [-0.1, -0.05) is 0 Å². The molecule has 0 saturated heterocycles. The van der Waals surface area contributed by atoms with Gasteiger partial charge in [0.15, 0.2) is 0 Å². The fraction of sp³-hybridized carbons (Fsp3) is 0.545. The van der Waals surface area contributed by atoms with Crippen LogP contribution in [0.5, 0.6) is 0 Å². The van der Waals surface area contributed by atoms with Crippen molar-refractivity contribution in [3.05, 3.63) is 0 Å². The molecule has 0 bridgehead atoms. The first-order valence-electron chi connectivity index (χ1n) is 4.34. The van der Waals surface area contributed by atoms with Gasteiger partial charge in [-0.3, -0.25) is 4.79 Å². The summed E-state index contributed by atoms with van der Waals surface area (Å²) in [6, 6.07) is 0. The van der Waals surface area contributed by atoms with Crippen LogP contribution >= 0.6 is 0 Å². The van der Waals surface area contributed by atoms with E-state index in [0.717, 1.165) is 6.42 Å². The minimum Gasteiger partial charge on any atom is -0.481 e. The zero-order chi connectivity index (χ0) is 9.84. The number of carbonyl (C=O) groups is 1. The van der Waals surface area contributed by atoms with E-state index >= 15 is 0 Å². The summed E-state index contributed by atoms with van der Waals surface area (Å²) in [4.78, 5) is 10.8. The van der Waals surface area contributed by atoms with Crippen molar-refractivity contribution in [2.45, 2.75) is 19.3 Å². The van der Waals surface area contributed by atoms with E-state index in [9.17, 15) is 4.79 Å². The van der Waals surface area contributed by atoms with E-state index in [1.54, 1.807) is 0 Å². The van der Waals surface area contributed by atoms with E-state index in [-0.39, 0.29) is 11.8 Å². The average molecular weight is 176 g/mol. The van der Waals surface area contributed by atoms with Crippen molar-refractivity contribution in [1.29, 1.82) is 0 Å². The number of hydrogen-bond acceptors (Lipinski definition) is 1. The first-order chi connectivity index (χ1) is 6.19. The number of rotatable bonds is 1. The summed E-state index contributed by atoms with van der Waals surface area (Å²) >= 11 is 0. The molecule has 1 N–H and O–H groups in total. The topological polar surface area (TPSA) is 37.3 Å². The Morgan fingerprint density at radius 2 is 2.00 bits per heavy atom. The van der Waals surface area contributed by atoms with E-state index in [4.69, 9.17) is 18.0 Å². The fourth-order valence-corrected chi connectivity index (χ4v) is 1.80. The van der Waals surface area contributed by atoms with Crippen molar-refractivity contribution in [3.8, 4) is 24.7 Å². The van der Waals surface area contributed by atoms with Gasteiger partial charge in [0.2, 0.25) is 0 Å². The van der Waals surface area contributed by atoms with E-state index < -0.39 is 11.9 Å². The molecule has 0 radical (unpaired) electrons. The maximum atomic E-state index is 10.8. The van der Waals surface area contributed by atoms with Crippen LogP contribution in [0.3, 0.4) is 0 Å². The van der Waals surface area contributed by atoms with E-state index in [2.05, 4.69) is 11.8 Å². The normalized spacial score (nSPS) is 32.9. The molecule has 1 saturated carbocycles. The standard InChI is InChI=1S/C11H12O2/c1-3-8-5-6-10(11(12)13)9(4-2)7-8/h1-2,8-10H,5-7H2,(H,12,13). The molecule has 2 nitrogen and oxygen atoms in total. The molecule has 0 aliphatic heterocycles. The molecule has 1 rings (SSSR count). The monoisotopic (exact) mass is 176 g/mol. The highest BCUT2D eigenvalue weighted by Gasteiger charge is 2.33. The second-order valence-corrected chi connectivity index (χ2v) is 3.39. The second kappa shape index (κ2) is 4.01. The smallest absolute Gasteiger partial charge is 0.307 e. The molecule has 2 heteroatoms. The third-order valence-corrected chi connectivity index (χ3v) is 2.62. The van der Waals surface area contributed by atoms with Gasteiger partial charge >= 0.3 is 5.97 Å². The fourth-order valence-electron chi connectivity index (χ4n) is 1.80. The molecular weight excluding hydrogens is 164 g/mol. The van der Waals surface area contributed by atoms with Gasteiger partial charge in [0.05, 0.1) is 5.92 Å². The van der Waals surface area contributed by atoms with Crippen LogP contribution in [0.1, 0.15) is 19.3 Å². The largest absolute Gasteiger partial charge is 0.481 e. The maximum absolute atomic E-state index is 10.8. The van der Waals surface area contributed by atoms with Gasteiger partial charge in [-0.25, -0.2) is 0 Å². The van der Waals surface area contributed by atoms with E-state index in [1.807, 2.05) is 0 Å². The van der Waals surface area contributed by atoms with Gasteiger partial charge in [0.1, 0.15) is 0 Å². The van der Waals surface area contributed by atoms with E-state index in [1.165, 1.54) is 0 Å². The molecule has 13 heavy (non-hydrogen) atoms. The Morgan fingerprint density at radius 1 is 1.31 bits per heavy atom. The van der Waals surface area contributed by atoms with Gasteiger partial charge < -0.3 is 5.11 Å². The van der Waals surface area contributed by atoms with Crippen molar-refractivity contribution in [2.24, 2.45) is 17.8 Å². The number of carboxylic acids is 1. The van der Waals surface area contributed by atoms with Crippen molar-refractivity contribution >= 4 is 5.97 Å². The first kappa shape index (κ1) is 9.68. The van der Waals surface area contributed by atoms with Crippen molar-refractivity contribution in [3.63, 3.8) is 0 Å². The lowest BCUT2D eigenvalue weighted by Crippen LogP contribution is -2.29. The maximum Gasteiger partial charge on any atom is 0.307 e. The van der Waals surface area contributed by atoms with Crippen LogP contribution in [0.4, 0.5) is 0 Å². The molecule has 0 aromatic rings. The van der Waals surface area contributed by atoms with Gasteiger partial charge in [0, 0.05) is 11.8 Å². The summed E-state index contributed by atoms with van der Waals surface area (Å²) in [5, 5.41) is 8.85. The van der Waals surface area contributed by atoms with Crippen molar-refractivity contribution in [2.75, 3.05) is 0 Å². The Kier molecular flexibility index (Phi) is 2.98. The highest BCUT2D eigenvalue weighted by Crippen LogP contribution is 2.33. The second-order valence-electron chi connectivity index (χ2n) is 3.39. The summed E-state index contributed by atoms with van der Waals surface area (Å²) in [6.07, 6.45) is 12.6. The molecule has 0 heterocycles. The molecule has 1 aliphatic carbocycles. The molecule has 1 fully saturated rings. The Bertz CT molecular complexity index is 279. The minimum atomic E-state index is -0.793. The highest BCUT2D eigenvalue weighted by molar-refractivity contribution is 5.71. The third-order valence-electron chi connectivity index (χ3n) is 2.62. The Hall–Kier alpha value is -1.41. The van der Waals surface area contributed by atoms with Gasteiger partial charge in [-0.05, 0) is 19.3 Å². The summed E-state index contributed by atoms with van der Waals surface area (Å²) in [5.74, 6) is 3.95. The van der Waals surface area contributed by atoms with Gasteiger partial charge in [-0.15, -0.1) is 24.7 Å². The Balaban J connectivity index is 2.68. The number of carboxylic acid groups (broad SMARTS) is 1. The Labute approximate surface area is 78.3 Å². The third kappa shape index (κ3) is 2.04. The Morgan fingerprint density at radius 3 is 2.46 bits per heavy atom. The van der Waals surface area contributed by atoms with Crippen molar-refractivity contribution in [1.82, 2.24) is 0 Å². The number of terminal acetylenes is 2. The molecule has 0 spiro atoms. The van der Waals surface area contributed by atoms with Crippen LogP contribution in [0.2, 0.25) is 0 Å². The summed E-state index contributed by atoms with van der Waals surface area (Å²) in [5.41, 5.74) is 0. The molecular formula is C11H12O2. The molecule has 68 valence electrons. The molecule has 3 unspecified atom stereocenters. The average Bonchev–Trinajstić information content (AvgIpc) is 2.16. The lowest BCUT2D eigenvalue weighted by Gasteiger charge is -2.28. The van der Waals surface area contributed by atoms with Crippen LogP contribution in [0.25, 0.3) is 0 Å². The number of hydrogen-bond donors (Lipinski definition) is 1. The van der Waals surface area contributed by atoms with Crippen LogP contribution in [0, 0.1) is 42.4 Å². The zero-order valence-corrected chi connectivity index (χ0v) is 7.36. The van der Waals surface area contributed by atoms with Gasteiger partial charge in [0.25, 0.3) is 0 Å². The minimum absolute atomic E-state index is 0.164. The van der Waals surface area contributed by atoms with E-state index in [0.29, 0.717) is 12.8 Å². The quantitative estimate of drug-likeness (QED) is 0.613. The summed E-state index contributed by atoms with van der Waals surface area (Å²) in [6.45, 7) is 0. The highest BCUT2D eigenvalue weighted by atomic mass is 16.4. The number of aliphatic carboxylic acids is 1. The summed E-state index contributed by atoms with van der Waals surface area (Å²) < 4.78 is 0. The lowest BCUT2D eigenvalue weighted by molar-refractivity contribution is -0.144. The molecule has 0 aromatic heterocycles. The van der Waals surface area contributed by atoms with Gasteiger partial charge in [-0.2, -0.15) is 0 Å². The first-order valence-corrected chi connectivity index (χ1v) is 4.34. The zero-order valence-electron chi connectivity index (χ0n) is 7.36. The molecule has 1 aliphatic rings. The lowest BCUT2D eigenvalue weighted by atomic mass is 9.75. The molecule has 3 atom stereocenters. The molecule has 0 amide bonds. The van der Waals surface area contributed by atoms with Crippen LogP contribution in [-0.2, 0) is 4.79 Å². The summed E-state index contributed by atoms with van der Waals surface area (Å²) in [7, 11) is 0. The SMILES string of the molecule is C#CC1CCC(C(=O)O)C(C#C)C1. The van der Waals surface area contributed by atoms with Crippen LogP contribution in [0.15, 0.2) is 0 Å². The predicted molar refractivity (Wildman–Crippen MR) is 49.6 cm³/mol. The predicted octanol–water partition coefficient (Wildman–Crippen LogP) is 1.37. The molecule has 0 aromatic carbocycles. The van der Waals surface area contributed by atoms with Crippen molar-refractivity contribution < 1.29 is 9.90 Å². The van der Waals surface area contributed by atoms with Crippen LogP contribution in [-0.4, -0.2) is 11.1 Å². The van der Waals surface area contributed by atoms with Crippen LogP contribution < -0.4 is 0 Å².